The van der Waals surface area contributed by atoms with E-state index in [4.69, 9.17) is 18.9 Å². The number of halogens is 1. The Morgan fingerprint density at radius 3 is 1.34 bits per heavy atom. The van der Waals surface area contributed by atoms with Crippen molar-refractivity contribution < 1.29 is 37.7 Å². The van der Waals surface area contributed by atoms with Gasteiger partial charge in [0.2, 0.25) is 0 Å². The SMILES string of the molecule is O=C(/C=C/c1ccc(OCCOc2ccc(-c3ccc(OCCCCCCCCCCOc4ccc(N5C(=O)C=CC5=O)cc4)cc3)cc2)cc1)c1ccc(F)cc1. The summed E-state index contributed by atoms with van der Waals surface area (Å²) in [7, 11) is 0. The summed E-state index contributed by atoms with van der Waals surface area (Å²) < 4.78 is 36.6. The van der Waals surface area contributed by atoms with Crippen molar-refractivity contribution >= 4 is 29.4 Å². The van der Waals surface area contributed by atoms with Gasteiger partial charge in [0.05, 0.1) is 18.9 Å². The molecule has 0 fully saturated rings. The Labute approximate surface area is 339 Å². The maximum absolute atomic E-state index is 13.1. The second-order valence-electron chi connectivity index (χ2n) is 13.9. The molecule has 0 N–H and O–H groups in total. The molecule has 1 aliphatic heterocycles. The number of anilines is 1. The number of ketones is 1. The van der Waals surface area contributed by atoms with E-state index in [0.29, 0.717) is 43.4 Å². The van der Waals surface area contributed by atoms with Crippen molar-refractivity contribution in [2.45, 2.75) is 51.4 Å². The lowest BCUT2D eigenvalue weighted by Crippen LogP contribution is -2.29. The van der Waals surface area contributed by atoms with E-state index in [1.165, 1.54) is 68.2 Å². The highest BCUT2D eigenvalue weighted by molar-refractivity contribution is 6.28. The summed E-state index contributed by atoms with van der Waals surface area (Å²) >= 11 is 0. The molecule has 6 rings (SSSR count). The van der Waals surface area contributed by atoms with Crippen LogP contribution in [0.2, 0.25) is 0 Å². The van der Waals surface area contributed by atoms with Crippen molar-refractivity contribution in [3.05, 3.63) is 156 Å². The first-order valence-electron chi connectivity index (χ1n) is 19.9. The number of benzene rings is 5. The quantitative estimate of drug-likeness (QED) is 0.0282. The molecule has 0 unspecified atom stereocenters. The van der Waals surface area contributed by atoms with Crippen LogP contribution in [0.4, 0.5) is 10.1 Å². The van der Waals surface area contributed by atoms with Crippen LogP contribution < -0.4 is 23.8 Å². The molecular formula is C49H48FNO7. The van der Waals surface area contributed by atoms with Crippen molar-refractivity contribution in [1.82, 2.24) is 0 Å². The number of imide groups is 1. The van der Waals surface area contributed by atoms with Crippen LogP contribution >= 0.6 is 0 Å². The van der Waals surface area contributed by atoms with Gasteiger partial charge in [-0.3, -0.25) is 14.4 Å². The number of rotatable bonds is 23. The minimum atomic E-state index is -0.373. The Morgan fingerprint density at radius 1 is 0.483 bits per heavy atom. The Kier molecular flexibility index (Phi) is 15.4. The third-order valence-electron chi connectivity index (χ3n) is 9.58. The molecule has 298 valence electrons. The molecule has 0 saturated carbocycles. The molecule has 1 heterocycles. The largest absolute Gasteiger partial charge is 0.494 e. The first-order valence-corrected chi connectivity index (χ1v) is 19.9. The number of hydrogen-bond acceptors (Lipinski definition) is 7. The van der Waals surface area contributed by atoms with Crippen molar-refractivity contribution in [2.75, 3.05) is 31.3 Å². The fraction of sp³-hybridized carbons (Fsp3) is 0.245. The lowest BCUT2D eigenvalue weighted by atomic mass is 10.1. The predicted molar refractivity (Wildman–Crippen MR) is 225 cm³/mol. The van der Waals surface area contributed by atoms with Crippen LogP contribution in [-0.4, -0.2) is 44.0 Å². The van der Waals surface area contributed by atoms with E-state index in [1.54, 1.807) is 30.3 Å². The smallest absolute Gasteiger partial charge is 0.258 e. The highest BCUT2D eigenvalue weighted by Gasteiger charge is 2.24. The number of ether oxygens (including phenoxy) is 4. The van der Waals surface area contributed by atoms with Gasteiger partial charge in [0, 0.05) is 17.7 Å². The van der Waals surface area contributed by atoms with Gasteiger partial charge in [-0.15, -0.1) is 0 Å². The molecule has 0 aromatic heterocycles. The minimum absolute atomic E-state index is 0.189. The molecule has 0 bridgehead atoms. The van der Waals surface area contributed by atoms with E-state index >= 15 is 0 Å². The molecule has 0 radical (unpaired) electrons. The lowest BCUT2D eigenvalue weighted by Gasteiger charge is -2.14. The predicted octanol–water partition coefficient (Wildman–Crippen LogP) is 10.9. The van der Waals surface area contributed by atoms with Crippen LogP contribution in [0.15, 0.2) is 140 Å². The summed E-state index contributed by atoms with van der Waals surface area (Å²) in [4.78, 5) is 37.0. The highest BCUT2D eigenvalue weighted by atomic mass is 19.1. The number of hydrogen-bond donors (Lipinski definition) is 0. The van der Waals surface area contributed by atoms with Crippen LogP contribution in [0.3, 0.4) is 0 Å². The van der Waals surface area contributed by atoms with Crippen LogP contribution in [0, 0.1) is 5.82 Å². The molecule has 0 aliphatic carbocycles. The number of carbonyl (C=O) groups is 3. The van der Waals surface area contributed by atoms with E-state index < -0.39 is 0 Å². The molecule has 0 spiro atoms. The number of nitrogens with zero attached hydrogens (tertiary/aromatic N) is 1. The van der Waals surface area contributed by atoms with E-state index in [2.05, 4.69) is 12.1 Å². The van der Waals surface area contributed by atoms with Gasteiger partial charge in [-0.05, 0) is 121 Å². The Bertz CT molecular complexity index is 2110. The Morgan fingerprint density at radius 2 is 0.879 bits per heavy atom. The molecule has 0 saturated heterocycles. The fourth-order valence-corrected chi connectivity index (χ4v) is 6.35. The maximum Gasteiger partial charge on any atom is 0.258 e. The normalized spacial score (nSPS) is 12.3. The van der Waals surface area contributed by atoms with Gasteiger partial charge < -0.3 is 18.9 Å². The van der Waals surface area contributed by atoms with Gasteiger partial charge in [0.25, 0.3) is 11.8 Å². The van der Waals surface area contributed by atoms with Crippen molar-refractivity contribution in [2.24, 2.45) is 0 Å². The topological polar surface area (TPSA) is 91.4 Å². The van der Waals surface area contributed by atoms with Gasteiger partial charge in [-0.1, -0.05) is 81.0 Å². The van der Waals surface area contributed by atoms with Crippen LogP contribution in [-0.2, 0) is 9.59 Å². The molecule has 58 heavy (non-hydrogen) atoms. The van der Waals surface area contributed by atoms with E-state index in [0.717, 1.165) is 64.5 Å². The van der Waals surface area contributed by atoms with E-state index in [-0.39, 0.29) is 23.4 Å². The molecule has 9 heteroatoms. The molecule has 5 aromatic carbocycles. The van der Waals surface area contributed by atoms with Gasteiger partial charge in [-0.2, -0.15) is 0 Å². The van der Waals surface area contributed by atoms with Crippen LogP contribution in [0.25, 0.3) is 17.2 Å². The van der Waals surface area contributed by atoms with Gasteiger partial charge in [0.1, 0.15) is 42.0 Å². The maximum atomic E-state index is 13.1. The van der Waals surface area contributed by atoms with Gasteiger partial charge in [0.15, 0.2) is 5.78 Å². The van der Waals surface area contributed by atoms with Gasteiger partial charge in [-0.25, -0.2) is 9.29 Å². The van der Waals surface area contributed by atoms with Crippen molar-refractivity contribution in [3.63, 3.8) is 0 Å². The number of amides is 2. The number of carbonyl (C=O) groups excluding carboxylic acids is 3. The minimum Gasteiger partial charge on any atom is -0.494 e. The average Bonchev–Trinajstić information content (AvgIpc) is 3.60. The third kappa shape index (κ3) is 12.8. The number of unbranched alkanes of at least 4 members (excludes halogenated alkanes) is 7. The lowest BCUT2D eigenvalue weighted by molar-refractivity contribution is -0.120. The zero-order valence-electron chi connectivity index (χ0n) is 32.5. The average molecular weight is 782 g/mol. The van der Waals surface area contributed by atoms with Crippen molar-refractivity contribution in [1.29, 1.82) is 0 Å². The summed E-state index contributed by atoms with van der Waals surface area (Å²) in [6, 6.07) is 36.1. The molecular weight excluding hydrogens is 734 g/mol. The molecule has 1 aliphatic rings. The highest BCUT2D eigenvalue weighted by Crippen LogP contribution is 2.26. The third-order valence-corrected chi connectivity index (χ3v) is 9.58. The summed E-state index contributed by atoms with van der Waals surface area (Å²) in [5, 5.41) is 0. The van der Waals surface area contributed by atoms with Crippen LogP contribution in [0.5, 0.6) is 23.0 Å². The molecule has 8 nitrogen and oxygen atoms in total. The summed E-state index contributed by atoms with van der Waals surface area (Å²) in [6.45, 7) is 2.13. The second-order valence-corrected chi connectivity index (χ2v) is 13.9. The molecule has 5 aromatic rings. The standard InChI is InChI=1S/C49H48FNO7/c50-41-18-12-40(13-19-41)47(52)30-11-37-9-22-43(23-10-37)57-35-36-58-45-26-16-39(17-27-45)38-14-24-44(25-15-38)55-33-7-5-3-1-2-4-6-8-34-56-46-28-20-42(21-29-46)51-48(53)31-32-49(51)54/h9-32H,1-8,33-36H2/b30-11+. The monoisotopic (exact) mass is 781 g/mol. The first kappa shape index (κ1) is 41.2. The molecule has 2 amide bonds. The zero-order valence-corrected chi connectivity index (χ0v) is 32.5. The summed E-state index contributed by atoms with van der Waals surface area (Å²) in [5.41, 5.74) is 4.04. The van der Waals surface area contributed by atoms with Gasteiger partial charge >= 0.3 is 0 Å². The summed E-state index contributed by atoms with van der Waals surface area (Å²) in [5.74, 6) is 1.87. The van der Waals surface area contributed by atoms with E-state index in [1.807, 2.05) is 60.7 Å². The Hall–Kier alpha value is -6.48. The van der Waals surface area contributed by atoms with Crippen LogP contribution in [0.1, 0.15) is 67.3 Å². The first-order chi connectivity index (χ1) is 28.4. The van der Waals surface area contributed by atoms with Crippen molar-refractivity contribution in [3.8, 4) is 34.1 Å². The zero-order chi connectivity index (χ0) is 40.4. The number of allylic oxidation sites excluding steroid dienone is 1. The fourth-order valence-electron chi connectivity index (χ4n) is 6.35. The summed E-state index contributed by atoms with van der Waals surface area (Å²) in [6.07, 6.45) is 14.9. The Balaban J connectivity index is 0.768. The second kappa shape index (κ2) is 21.7. The molecule has 0 atom stereocenters. The van der Waals surface area contributed by atoms with E-state index in [9.17, 15) is 18.8 Å².